The summed E-state index contributed by atoms with van der Waals surface area (Å²) in [6.45, 7) is 11.4. The van der Waals surface area contributed by atoms with Crippen molar-refractivity contribution in [2.45, 2.75) is 32.9 Å². The number of aromatic nitrogens is 1. The molecule has 1 aromatic rings. The monoisotopic (exact) mass is 299 g/mol. The molecule has 0 spiro atoms. The molecule has 6 heteroatoms. The van der Waals surface area contributed by atoms with Crippen molar-refractivity contribution in [3.05, 3.63) is 10.6 Å². The van der Waals surface area contributed by atoms with E-state index in [1.807, 2.05) is 0 Å². The zero-order valence-electron chi connectivity index (χ0n) is 12.9. The highest BCUT2D eigenvalue weighted by molar-refractivity contribution is 7.15. The molecule has 5 nitrogen and oxygen atoms in total. The van der Waals surface area contributed by atoms with Gasteiger partial charge in [-0.25, -0.2) is 4.98 Å². The first-order valence-corrected chi connectivity index (χ1v) is 7.88. The summed E-state index contributed by atoms with van der Waals surface area (Å²) < 4.78 is 10.8. The largest absolute Gasteiger partial charge is 0.383 e. The number of nitrogens with one attached hydrogen (secondary N) is 1. The molecule has 0 radical (unpaired) electrons. The molecule has 0 aliphatic carbocycles. The average Bonchev–Trinajstić information content (AvgIpc) is 2.75. The van der Waals surface area contributed by atoms with Crippen LogP contribution < -0.4 is 10.2 Å². The quantitative estimate of drug-likeness (QED) is 0.812. The first-order chi connectivity index (χ1) is 9.52. The second kappa shape index (κ2) is 6.85. The summed E-state index contributed by atoms with van der Waals surface area (Å²) in [4.78, 5) is 8.36. The zero-order chi connectivity index (χ0) is 14.6. The van der Waals surface area contributed by atoms with Crippen LogP contribution in [0.3, 0.4) is 0 Å². The van der Waals surface area contributed by atoms with Crippen molar-refractivity contribution in [1.82, 2.24) is 10.3 Å². The molecule has 2 heterocycles. The Balaban J connectivity index is 1.96. The van der Waals surface area contributed by atoms with Crippen molar-refractivity contribution < 1.29 is 9.47 Å². The summed E-state index contributed by atoms with van der Waals surface area (Å²) in [6, 6.07) is 0. The van der Waals surface area contributed by atoms with Crippen LogP contribution >= 0.6 is 11.3 Å². The number of thiazole rings is 1. The number of anilines is 1. The molecule has 0 saturated carbocycles. The van der Waals surface area contributed by atoms with Gasteiger partial charge in [0.15, 0.2) is 5.13 Å². The Morgan fingerprint density at radius 2 is 2.30 bits per heavy atom. The number of hydrogen-bond acceptors (Lipinski definition) is 6. The van der Waals surface area contributed by atoms with E-state index in [1.54, 1.807) is 18.4 Å². The van der Waals surface area contributed by atoms with Gasteiger partial charge in [-0.1, -0.05) is 0 Å². The molecular weight excluding hydrogens is 274 g/mol. The van der Waals surface area contributed by atoms with Gasteiger partial charge in [0.05, 0.1) is 24.5 Å². The van der Waals surface area contributed by atoms with E-state index in [2.05, 4.69) is 31.0 Å². The normalized spacial score (nSPS) is 18.5. The van der Waals surface area contributed by atoms with E-state index >= 15 is 0 Å². The molecule has 2 rings (SSSR count). The molecule has 1 aliphatic heterocycles. The second-order valence-corrected chi connectivity index (χ2v) is 6.77. The summed E-state index contributed by atoms with van der Waals surface area (Å²) in [7, 11) is 1.72. The van der Waals surface area contributed by atoms with Gasteiger partial charge >= 0.3 is 0 Å². The molecule has 0 unspecified atom stereocenters. The average molecular weight is 299 g/mol. The number of nitrogens with zero attached hydrogens (tertiary/aromatic N) is 2. The van der Waals surface area contributed by atoms with E-state index in [-0.39, 0.29) is 5.60 Å². The van der Waals surface area contributed by atoms with E-state index in [1.165, 1.54) is 4.88 Å². The standard InChI is InChI=1S/C14H25N3O2S/c1-11-12(9-15-5-7-18-4)20-13(16-11)17-6-8-19-14(2,3)10-17/h15H,5-10H2,1-4H3. The molecule has 20 heavy (non-hydrogen) atoms. The summed E-state index contributed by atoms with van der Waals surface area (Å²) in [5.74, 6) is 0. The maximum Gasteiger partial charge on any atom is 0.185 e. The fourth-order valence-corrected chi connectivity index (χ4v) is 3.32. The van der Waals surface area contributed by atoms with Crippen LogP contribution in [0.4, 0.5) is 5.13 Å². The SMILES string of the molecule is COCCNCc1sc(N2CCOC(C)(C)C2)nc1C. The second-order valence-electron chi connectivity index (χ2n) is 5.70. The lowest BCUT2D eigenvalue weighted by molar-refractivity contribution is -0.0277. The molecule has 1 fully saturated rings. The first kappa shape index (κ1) is 15.7. The van der Waals surface area contributed by atoms with Crippen molar-refractivity contribution >= 4 is 16.5 Å². The molecule has 0 aromatic carbocycles. The summed E-state index contributed by atoms with van der Waals surface area (Å²) in [5.41, 5.74) is 1.04. The summed E-state index contributed by atoms with van der Waals surface area (Å²) >= 11 is 1.78. The molecule has 0 bridgehead atoms. The van der Waals surface area contributed by atoms with E-state index in [4.69, 9.17) is 14.5 Å². The predicted molar refractivity (Wildman–Crippen MR) is 82.7 cm³/mol. The third-order valence-electron chi connectivity index (χ3n) is 3.35. The van der Waals surface area contributed by atoms with Crippen molar-refractivity contribution in [2.24, 2.45) is 0 Å². The van der Waals surface area contributed by atoms with Gasteiger partial charge in [-0.05, 0) is 20.8 Å². The van der Waals surface area contributed by atoms with Gasteiger partial charge < -0.3 is 19.7 Å². The van der Waals surface area contributed by atoms with Crippen LogP contribution in [0.25, 0.3) is 0 Å². The Kier molecular flexibility index (Phi) is 5.37. The Labute approximate surface area is 125 Å². The van der Waals surface area contributed by atoms with Crippen LogP contribution in [0.15, 0.2) is 0 Å². The molecule has 1 aromatic heterocycles. The number of aryl methyl sites for hydroxylation is 1. The van der Waals surface area contributed by atoms with Crippen molar-refractivity contribution in [1.29, 1.82) is 0 Å². The van der Waals surface area contributed by atoms with Crippen LogP contribution in [0.1, 0.15) is 24.4 Å². The van der Waals surface area contributed by atoms with Gasteiger partial charge in [0.25, 0.3) is 0 Å². The third kappa shape index (κ3) is 4.15. The van der Waals surface area contributed by atoms with E-state index in [9.17, 15) is 0 Å². The lowest BCUT2D eigenvalue weighted by atomic mass is 10.1. The van der Waals surface area contributed by atoms with Crippen LogP contribution in [0.2, 0.25) is 0 Å². The van der Waals surface area contributed by atoms with Crippen molar-refractivity contribution in [2.75, 3.05) is 44.9 Å². The topological polar surface area (TPSA) is 46.6 Å². The van der Waals surface area contributed by atoms with Crippen LogP contribution in [0, 0.1) is 6.92 Å². The maximum absolute atomic E-state index is 5.75. The Hall–Kier alpha value is -0.690. The van der Waals surface area contributed by atoms with Gasteiger partial charge in [0, 0.05) is 38.2 Å². The molecule has 114 valence electrons. The van der Waals surface area contributed by atoms with E-state index < -0.39 is 0 Å². The number of morpholine rings is 1. The predicted octanol–water partition coefficient (Wildman–Crippen LogP) is 1.80. The van der Waals surface area contributed by atoms with Crippen LogP contribution in [0.5, 0.6) is 0 Å². The zero-order valence-corrected chi connectivity index (χ0v) is 13.7. The molecule has 0 amide bonds. The van der Waals surface area contributed by atoms with Gasteiger partial charge in [-0.2, -0.15) is 0 Å². The smallest absolute Gasteiger partial charge is 0.185 e. The minimum atomic E-state index is -0.0886. The minimum Gasteiger partial charge on any atom is -0.383 e. The Bertz CT molecular complexity index is 434. The third-order valence-corrected chi connectivity index (χ3v) is 4.56. The molecule has 1 aliphatic rings. The van der Waals surface area contributed by atoms with E-state index in [0.29, 0.717) is 0 Å². The fourth-order valence-electron chi connectivity index (χ4n) is 2.27. The molecular formula is C14H25N3O2S. The van der Waals surface area contributed by atoms with Gasteiger partial charge in [-0.15, -0.1) is 11.3 Å². The number of ether oxygens (including phenoxy) is 2. The highest BCUT2D eigenvalue weighted by Crippen LogP contribution is 2.29. The lowest BCUT2D eigenvalue weighted by Gasteiger charge is -2.38. The van der Waals surface area contributed by atoms with Gasteiger partial charge in [0.2, 0.25) is 0 Å². The highest BCUT2D eigenvalue weighted by Gasteiger charge is 2.29. The molecule has 0 atom stereocenters. The molecule has 1 saturated heterocycles. The molecule has 1 N–H and O–H groups in total. The van der Waals surface area contributed by atoms with Crippen molar-refractivity contribution in [3.63, 3.8) is 0 Å². The van der Waals surface area contributed by atoms with Crippen LogP contribution in [-0.4, -0.2) is 50.5 Å². The first-order valence-electron chi connectivity index (χ1n) is 7.07. The Morgan fingerprint density at radius 1 is 1.50 bits per heavy atom. The number of hydrogen-bond donors (Lipinski definition) is 1. The Morgan fingerprint density at radius 3 is 3.00 bits per heavy atom. The van der Waals surface area contributed by atoms with Gasteiger partial charge in [-0.3, -0.25) is 0 Å². The van der Waals surface area contributed by atoms with Gasteiger partial charge in [0.1, 0.15) is 0 Å². The highest BCUT2D eigenvalue weighted by atomic mass is 32.1. The maximum atomic E-state index is 5.75. The summed E-state index contributed by atoms with van der Waals surface area (Å²) in [5, 5.41) is 4.49. The number of methoxy groups -OCH3 is 1. The van der Waals surface area contributed by atoms with Crippen molar-refractivity contribution in [3.8, 4) is 0 Å². The van der Waals surface area contributed by atoms with E-state index in [0.717, 1.165) is 50.2 Å². The fraction of sp³-hybridized carbons (Fsp3) is 0.786. The number of rotatable bonds is 6. The summed E-state index contributed by atoms with van der Waals surface area (Å²) in [6.07, 6.45) is 0. The van der Waals surface area contributed by atoms with Crippen LogP contribution in [-0.2, 0) is 16.0 Å². The minimum absolute atomic E-state index is 0.0886. The lowest BCUT2D eigenvalue weighted by Crippen LogP contribution is -2.48.